The second kappa shape index (κ2) is 14.4. The molecule has 3 aromatic rings. The van der Waals surface area contributed by atoms with Crippen molar-refractivity contribution in [3.05, 3.63) is 102 Å². The van der Waals surface area contributed by atoms with E-state index in [2.05, 4.69) is 23.6 Å². The minimum atomic E-state index is -3.91. The normalized spacial score (nSPS) is 17.2. The summed E-state index contributed by atoms with van der Waals surface area (Å²) in [5.41, 5.74) is 2.59. The van der Waals surface area contributed by atoms with Gasteiger partial charge >= 0.3 is 0 Å². The second-order valence-corrected chi connectivity index (χ2v) is 14.1. The summed E-state index contributed by atoms with van der Waals surface area (Å²) < 4.78 is 57.4. The van der Waals surface area contributed by atoms with Crippen LogP contribution in [0.2, 0.25) is 0 Å². The molecule has 0 saturated carbocycles. The molecular formula is C30H38ClN3O5S2. The fourth-order valence-electron chi connectivity index (χ4n) is 4.80. The number of rotatable bonds is 6. The molecule has 4 rings (SSSR count). The molecule has 0 unspecified atom stereocenters. The average molecular weight is 620 g/mol. The maximum absolute atomic E-state index is 13.7. The van der Waals surface area contributed by atoms with Gasteiger partial charge in [0.05, 0.1) is 9.79 Å². The monoisotopic (exact) mass is 619 g/mol. The number of hydrogen-bond donors (Lipinski definition) is 1. The van der Waals surface area contributed by atoms with Crippen molar-refractivity contribution in [2.24, 2.45) is 0 Å². The first kappa shape index (κ1) is 32.8. The van der Waals surface area contributed by atoms with E-state index in [9.17, 15) is 21.9 Å². The number of nitrogens with zero attached hydrogens (tertiary/aromatic N) is 3. The summed E-state index contributed by atoms with van der Waals surface area (Å²) >= 11 is 0. The van der Waals surface area contributed by atoms with Gasteiger partial charge in [-0.25, -0.2) is 16.8 Å². The maximum Gasteiger partial charge on any atom is 0.243 e. The molecule has 222 valence electrons. The van der Waals surface area contributed by atoms with E-state index in [1.807, 2.05) is 25.1 Å². The van der Waals surface area contributed by atoms with Crippen LogP contribution in [0.5, 0.6) is 5.75 Å². The Morgan fingerprint density at radius 1 is 0.707 bits per heavy atom. The number of hydrogen-bond acceptors (Lipinski definition) is 6. The van der Waals surface area contributed by atoms with E-state index in [0.717, 1.165) is 11.1 Å². The summed E-state index contributed by atoms with van der Waals surface area (Å²) in [6.45, 7) is 8.51. The fraction of sp³-hybridized carbons (Fsp3) is 0.333. The fourth-order valence-corrected chi connectivity index (χ4v) is 7.80. The minimum Gasteiger partial charge on any atom is -0.508 e. The van der Waals surface area contributed by atoms with Crippen LogP contribution in [0.4, 0.5) is 0 Å². The number of phenols is 1. The van der Waals surface area contributed by atoms with Gasteiger partial charge in [0.25, 0.3) is 0 Å². The predicted octanol–water partition coefficient (Wildman–Crippen LogP) is 4.66. The van der Waals surface area contributed by atoms with Gasteiger partial charge in [-0.3, -0.25) is 4.90 Å². The van der Waals surface area contributed by atoms with Crippen molar-refractivity contribution in [2.75, 3.05) is 39.3 Å². The average Bonchev–Trinajstić information content (AvgIpc) is 2.92. The van der Waals surface area contributed by atoms with Gasteiger partial charge in [0.2, 0.25) is 20.0 Å². The van der Waals surface area contributed by atoms with Gasteiger partial charge in [0.1, 0.15) is 5.75 Å². The molecule has 11 heteroatoms. The Hall–Kier alpha value is -2.73. The second-order valence-electron chi connectivity index (χ2n) is 10.2. The van der Waals surface area contributed by atoms with Gasteiger partial charge in [-0.1, -0.05) is 54.6 Å². The third-order valence-electron chi connectivity index (χ3n) is 6.95. The lowest BCUT2D eigenvalue weighted by Crippen LogP contribution is -2.41. The first-order valence-electron chi connectivity index (χ1n) is 13.3. The molecular weight excluding hydrogens is 582 g/mol. The van der Waals surface area contributed by atoms with Crippen molar-refractivity contribution in [3.63, 3.8) is 0 Å². The molecule has 1 fully saturated rings. The zero-order chi connectivity index (χ0) is 28.8. The SMILES string of the molecule is C=C1CN(S(=O)(=O)c2ccc(C)cc2)CCCN(Cc2ccccc2)CCCN(S(=O)(=O)c2ccc(O)cc2)C1.Cl. The maximum atomic E-state index is 13.7. The number of aryl methyl sites for hydroxylation is 1. The molecule has 3 aromatic carbocycles. The number of aromatic hydroxyl groups is 1. The largest absolute Gasteiger partial charge is 0.508 e. The third kappa shape index (κ3) is 8.64. The van der Waals surface area contributed by atoms with Crippen LogP contribution < -0.4 is 0 Å². The molecule has 0 bridgehead atoms. The molecule has 0 aromatic heterocycles. The number of benzene rings is 3. The van der Waals surface area contributed by atoms with Crippen molar-refractivity contribution in [3.8, 4) is 5.75 Å². The van der Waals surface area contributed by atoms with E-state index >= 15 is 0 Å². The van der Waals surface area contributed by atoms with Gasteiger partial charge in [-0.2, -0.15) is 8.61 Å². The molecule has 1 aliphatic heterocycles. The van der Waals surface area contributed by atoms with E-state index in [-0.39, 0.29) is 54.1 Å². The van der Waals surface area contributed by atoms with Crippen LogP contribution in [-0.4, -0.2) is 74.7 Å². The lowest BCUT2D eigenvalue weighted by atomic mass is 10.2. The van der Waals surface area contributed by atoms with Gasteiger partial charge in [0.15, 0.2) is 0 Å². The molecule has 0 radical (unpaired) electrons. The van der Waals surface area contributed by atoms with E-state index in [1.54, 1.807) is 24.3 Å². The number of phenolic OH excluding ortho intramolecular Hbond substituents is 1. The Morgan fingerprint density at radius 2 is 1.17 bits per heavy atom. The topological polar surface area (TPSA) is 98.2 Å². The molecule has 41 heavy (non-hydrogen) atoms. The van der Waals surface area contributed by atoms with E-state index in [4.69, 9.17) is 0 Å². The highest BCUT2D eigenvalue weighted by Gasteiger charge is 2.29. The van der Waals surface area contributed by atoms with Crippen LogP contribution in [-0.2, 0) is 26.6 Å². The van der Waals surface area contributed by atoms with Crippen LogP contribution in [0.25, 0.3) is 0 Å². The van der Waals surface area contributed by atoms with E-state index in [0.29, 0.717) is 38.0 Å². The molecule has 1 heterocycles. The summed E-state index contributed by atoms with van der Waals surface area (Å²) in [7, 11) is -7.74. The number of sulfonamides is 2. The highest BCUT2D eigenvalue weighted by molar-refractivity contribution is 7.89. The Labute approximate surface area is 250 Å². The minimum absolute atomic E-state index is 0. The van der Waals surface area contributed by atoms with Crippen molar-refractivity contribution in [1.29, 1.82) is 0 Å². The van der Waals surface area contributed by atoms with E-state index in [1.165, 1.54) is 32.9 Å². The lowest BCUT2D eigenvalue weighted by molar-refractivity contribution is 0.238. The van der Waals surface area contributed by atoms with Gasteiger partial charge in [-0.15, -0.1) is 12.4 Å². The summed E-state index contributed by atoms with van der Waals surface area (Å²) in [5, 5.41) is 9.66. The Balaban J connectivity index is 0.00000462. The summed E-state index contributed by atoms with van der Waals surface area (Å²) in [6.07, 6.45) is 1.23. The highest BCUT2D eigenvalue weighted by atomic mass is 35.5. The van der Waals surface area contributed by atoms with Crippen LogP contribution in [0.15, 0.2) is 101 Å². The van der Waals surface area contributed by atoms with Crippen LogP contribution in [0, 0.1) is 6.92 Å². The first-order chi connectivity index (χ1) is 19.1. The van der Waals surface area contributed by atoms with Crippen molar-refractivity contribution in [1.82, 2.24) is 13.5 Å². The quantitative estimate of drug-likeness (QED) is 0.403. The highest BCUT2D eigenvalue weighted by Crippen LogP contribution is 2.23. The third-order valence-corrected chi connectivity index (χ3v) is 10.7. The van der Waals surface area contributed by atoms with Gasteiger partial charge < -0.3 is 5.11 Å². The van der Waals surface area contributed by atoms with Crippen molar-refractivity contribution >= 4 is 32.5 Å². The van der Waals surface area contributed by atoms with Crippen molar-refractivity contribution < 1.29 is 21.9 Å². The molecule has 0 atom stereocenters. The van der Waals surface area contributed by atoms with Crippen molar-refractivity contribution in [2.45, 2.75) is 36.1 Å². The molecule has 8 nitrogen and oxygen atoms in total. The Morgan fingerprint density at radius 3 is 1.66 bits per heavy atom. The molecule has 0 spiro atoms. The van der Waals surface area contributed by atoms with Crippen LogP contribution in [0.3, 0.4) is 0 Å². The van der Waals surface area contributed by atoms with E-state index < -0.39 is 20.0 Å². The van der Waals surface area contributed by atoms with Crippen LogP contribution in [0.1, 0.15) is 24.0 Å². The van der Waals surface area contributed by atoms with Gasteiger partial charge in [-0.05, 0) is 80.4 Å². The molecule has 0 amide bonds. The molecule has 1 saturated heterocycles. The lowest BCUT2D eigenvalue weighted by Gasteiger charge is -2.30. The number of halogens is 1. The Kier molecular flexibility index (Phi) is 11.5. The Bertz CT molecular complexity index is 1400. The summed E-state index contributed by atoms with van der Waals surface area (Å²) in [6, 6.07) is 22.2. The van der Waals surface area contributed by atoms with Crippen LogP contribution >= 0.6 is 12.4 Å². The molecule has 0 aliphatic carbocycles. The zero-order valence-electron chi connectivity index (χ0n) is 23.2. The molecule has 1 N–H and O–H groups in total. The summed E-state index contributed by atoms with van der Waals surface area (Å²) in [5.74, 6) is -0.0226. The molecule has 1 aliphatic rings. The first-order valence-corrected chi connectivity index (χ1v) is 16.2. The summed E-state index contributed by atoms with van der Waals surface area (Å²) in [4.78, 5) is 2.51. The van der Waals surface area contributed by atoms with Gasteiger partial charge in [0, 0.05) is 32.7 Å². The standard InChI is InChI=1S/C30H37N3O5S2.ClH/c1-25-10-14-29(15-11-25)39(35,36)32-20-6-18-31(24-27-8-4-3-5-9-27)19-7-21-33(23-26(2)22-32)40(37,38)30-16-12-28(34)13-17-30;/h3-5,8-17,34H,2,6-7,18-24H2,1H3;1H. The zero-order valence-corrected chi connectivity index (χ0v) is 25.7. The predicted molar refractivity (Wildman–Crippen MR) is 164 cm³/mol. The smallest absolute Gasteiger partial charge is 0.243 e.